The van der Waals surface area contributed by atoms with Gasteiger partial charge in [-0.25, -0.2) is 0 Å². The van der Waals surface area contributed by atoms with Gasteiger partial charge in [-0.15, -0.1) is 0 Å². The second-order valence-corrected chi connectivity index (χ2v) is 5.84. The fourth-order valence-electron chi connectivity index (χ4n) is 2.78. The monoisotopic (exact) mass is 324 g/mol. The van der Waals surface area contributed by atoms with Crippen LogP contribution in [0.5, 0.6) is 0 Å². The minimum absolute atomic E-state index is 0.191. The Morgan fingerprint density at radius 3 is 1.91 bits per heavy atom. The van der Waals surface area contributed by atoms with E-state index in [0.29, 0.717) is 0 Å². The van der Waals surface area contributed by atoms with Gasteiger partial charge in [0.1, 0.15) is 30.5 Å². The molecular weight excluding hydrogens is 300 g/mol. The Hall–Kier alpha value is -0.400. The van der Waals surface area contributed by atoms with E-state index in [0.717, 1.165) is 0 Å². The summed E-state index contributed by atoms with van der Waals surface area (Å²) in [5, 5.41) is 58.4. The van der Waals surface area contributed by atoms with Crippen LogP contribution in [0, 0.1) is 0 Å². The first-order chi connectivity index (χ1) is 10.3. The average molecular weight is 324 g/mol. The lowest BCUT2D eigenvalue weighted by Gasteiger charge is -2.45. The second-order valence-electron chi connectivity index (χ2n) is 5.84. The molecule has 0 spiro atoms. The molecular formula is C12H24N2O8. The molecule has 1 aliphatic carbocycles. The van der Waals surface area contributed by atoms with Gasteiger partial charge in [-0.3, -0.25) is 0 Å². The molecule has 0 aromatic rings. The van der Waals surface area contributed by atoms with E-state index in [4.69, 9.17) is 26.0 Å². The van der Waals surface area contributed by atoms with E-state index in [9.17, 15) is 25.5 Å². The molecule has 1 aliphatic heterocycles. The molecule has 1 heterocycles. The lowest BCUT2D eigenvalue weighted by Crippen LogP contribution is -2.65. The number of aliphatic hydroxyl groups is 6. The molecule has 2 fully saturated rings. The summed E-state index contributed by atoms with van der Waals surface area (Å²) < 4.78 is 10.5. The molecule has 0 unspecified atom stereocenters. The molecule has 0 bridgehead atoms. The van der Waals surface area contributed by atoms with Gasteiger partial charge in [0.15, 0.2) is 6.29 Å². The number of ether oxygens (including phenoxy) is 2. The normalized spacial score (nSPS) is 53.5. The average Bonchev–Trinajstić information content (AvgIpc) is 2.49. The largest absolute Gasteiger partial charge is 0.394 e. The van der Waals surface area contributed by atoms with Crippen molar-refractivity contribution >= 4 is 0 Å². The molecule has 0 aromatic carbocycles. The second kappa shape index (κ2) is 7.01. The topological polar surface area (TPSA) is 192 Å². The summed E-state index contributed by atoms with van der Waals surface area (Å²) in [4.78, 5) is 0. The van der Waals surface area contributed by atoms with Crippen LogP contribution in [0.15, 0.2) is 0 Å². The van der Waals surface area contributed by atoms with E-state index in [1.807, 2.05) is 0 Å². The van der Waals surface area contributed by atoms with E-state index in [1.54, 1.807) is 0 Å². The molecule has 130 valence electrons. The Morgan fingerprint density at radius 2 is 1.41 bits per heavy atom. The number of rotatable bonds is 3. The van der Waals surface area contributed by atoms with E-state index in [-0.39, 0.29) is 6.42 Å². The molecule has 2 aliphatic rings. The number of hydrogen-bond acceptors (Lipinski definition) is 10. The molecule has 1 saturated heterocycles. The van der Waals surface area contributed by atoms with E-state index in [1.165, 1.54) is 0 Å². The van der Waals surface area contributed by atoms with Gasteiger partial charge >= 0.3 is 0 Å². The van der Waals surface area contributed by atoms with Crippen LogP contribution >= 0.6 is 0 Å². The third-order valence-corrected chi connectivity index (χ3v) is 4.23. The van der Waals surface area contributed by atoms with E-state index >= 15 is 0 Å². The first-order valence-corrected chi connectivity index (χ1v) is 7.11. The third kappa shape index (κ3) is 3.26. The van der Waals surface area contributed by atoms with Crippen molar-refractivity contribution in [3.63, 3.8) is 0 Å². The summed E-state index contributed by atoms with van der Waals surface area (Å²) in [6.45, 7) is -0.611. The van der Waals surface area contributed by atoms with Crippen LogP contribution in [-0.4, -0.2) is 98.3 Å². The predicted molar refractivity (Wildman–Crippen MR) is 71.2 cm³/mol. The highest BCUT2D eigenvalue weighted by atomic mass is 16.7. The molecule has 0 aromatic heterocycles. The van der Waals surface area contributed by atoms with Gasteiger partial charge in [0.2, 0.25) is 0 Å². The highest BCUT2D eigenvalue weighted by Gasteiger charge is 2.48. The van der Waals surface area contributed by atoms with Crippen molar-refractivity contribution in [2.45, 2.75) is 67.5 Å². The molecule has 1 saturated carbocycles. The molecule has 10 N–H and O–H groups in total. The van der Waals surface area contributed by atoms with Gasteiger partial charge in [0, 0.05) is 12.1 Å². The lowest BCUT2D eigenvalue weighted by molar-refractivity contribution is -0.327. The molecule has 10 heteroatoms. The molecule has 0 amide bonds. The standard InChI is InChI=1S/C12H24N2O8/c13-3-1-4(14)7(17)11(6(3)16)22-12-10(20)9(19)8(18)5(2-15)21-12/h3-12,15-20H,1-2,13-14H2/t3-,4-,5+,6+,7+,8+,9+,10+,12-/m0/s1. The van der Waals surface area contributed by atoms with Crippen LogP contribution in [0.2, 0.25) is 0 Å². The minimum Gasteiger partial charge on any atom is -0.394 e. The molecule has 9 atom stereocenters. The van der Waals surface area contributed by atoms with Gasteiger partial charge in [0.25, 0.3) is 0 Å². The first-order valence-electron chi connectivity index (χ1n) is 7.11. The maximum Gasteiger partial charge on any atom is 0.187 e. The highest BCUT2D eigenvalue weighted by Crippen LogP contribution is 2.27. The summed E-state index contributed by atoms with van der Waals surface area (Å²) in [5.41, 5.74) is 11.4. The summed E-state index contributed by atoms with van der Waals surface area (Å²) in [6, 6.07) is -1.46. The van der Waals surface area contributed by atoms with Crippen LogP contribution in [-0.2, 0) is 9.47 Å². The van der Waals surface area contributed by atoms with Gasteiger partial charge in [-0.05, 0) is 6.42 Å². The van der Waals surface area contributed by atoms with E-state index in [2.05, 4.69) is 0 Å². The molecule has 2 rings (SSSR count). The van der Waals surface area contributed by atoms with Crippen molar-refractivity contribution in [3.8, 4) is 0 Å². The summed E-state index contributed by atoms with van der Waals surface area (Å²) in [5.74, 6) is 0. The zero-order valence-electron chi connectivity index (χ0n) is 11.8. The minimum atomic E-state index is -1.63. The number of nitrogens with two attached hydrogens (primary N) is 2. The first kappa shape index (κ1) is 17.9. The Balaban J connectivity index is 2.10. The predicted octanol–water partition coefficient (Wildman–Crippen LogP) is -5.05. The Morgan fingerprint density at radius 1 is 0.864 bits per heavy atom. The van der Waals surface area contributed by atoms with Crippen molar-refractivity contribution in [1.29, 1.82) is 0 Å². The Labute approximate surface area is 126 Å². The van der Waals surface area contributed by atoms with Crippen molar-refractivity contribution < 1.29 is 40.1 Å². The van der Waals surface area contributed by atoms with Crippen molar-refractivity contribution in [2.75, 3.05) is 6.61 Å². The van der Waals surface area contributed by atoms with Crippen LogP contribution in [0.4, 0.5) is 0 Å². The SMILES string of the molecule is N[C@H]1C[C@H](N)[C@@H](O)C(O[C@@H]2O[C@H](CO)[C@@H](O)[C@@H](O)[C@H]2O)[C@@H]1O. The van der Waals surface area contributed by atoms with Crippen LogP contribution in [0.1, 0.15) is 6.42 Å². The van der Waals surface area contributed by atoms with Crippen LogP contribution < -0.4 is 11.5 Å². The van der Waals surface area contributed by atoms with Crippen molar-refractivity contribution in [1.82, 2.24) is 0 Å². The van der Waals surface area contributed by atoms with Crippen LogP contribution in [0.3, 0.4) is 0 Å². The lowest BCUT2D eigenvalue weighted by atomic mass is 9.84. The van der Waals surface area contributed by atoms with Gasteiger partial charge in [-0.1, -0.05) is 0 Å². The summed E-state index contributed by atoms with van der Waals surface area (Å²) in [7, 11) is 0. The molecule has 22 heavy (non-hydrogen) atoms. The molecule has 0 radical (unpaired) electrons. The third-order valence-electron chi connectivity index (χ3n) is 4.23. The zero-order valence-corrected chi connectivity index (χ0v) is 11.8. The summed E-state index contributed by atoms with van der Waals surface area (Å²) in [6.07, 6.45) is -10.9. The van der Waals surface area contributed by atoms with Crippen LogP contribution in [0.25, 0.3) is 0 Å². The van der Waals surface area contributed by atoms with Gasteiger partial charge in [-0.2, -0.15) is 0 Å². The smallest absolute Gasteiger partial charge is 0.187 e. The van der Waals surface area contributed by atoms with Crippen molar-refractivity contribution in [3.05, 3.63) is 0 Å². The maximum atomic E-state index is 10.0. The quantitative estimate of drug-likeness (QED) is 0.249. The summed E-state index contributed by atoms with van der Waals surface area (Å²) >= 11 is 0. The number of hydrogen-bond donors (Lipinski definition) is 8. The Bertz CT molecular complexity index is 359. The van der Waals surface area contributed by atoms with Crippen molar-refractivity contribution in [2.24, 2.45) is 11.5 Å². The van der Waals surface area contributed by atoms with Gasteiger partial charge < -0.3 is 51.6 Å². The number of aliphatic hydroxyl groups excluding tert-OH is 6. The molecule has 10 nitrogen and oxygen atoms in total. The van der Waals surface area contributed by atoms with Gasteiger partial charge in [0.05, 0.1) is 18.8 Å². The highest BCUT2D eigenvalue weighted by molar-refractivity contribution is 4.99. The maximum absolute atomic E-state index is 10.0. The Kier molecular flexibility index (Phi) is 5.72. The zero-order chi connectivity index (χ0) is 16.6. The fourth-order valence-corrected chi connectivity index (χ4v) is 2.78. The van der Waals surface area contributed by atoms with E-state index < -0.39 is 67.7 Å². The fraction of sp³-hybridized carbons (Fsp3) is 1.00.